The average molecular weight is 175 g/mol. The number of carbonyl (C=O) groups is 2. The second-order valence-electron chi connectivity index (χ2n) is 3.15. The van der Waals surface area contributed by atoms with Gasteiger partial charge in [0, 0.05) is 11.3 Å². The number of amides is 1. The van der Waals surface area contributed by atoms with E-state index >= 15 is 0 Å². The van der Waals surface area contributed by atoms with Crippen molar-refractivity contribution in [3.8, 4) is 0 Å². The summed E-state index contributed by atoms with van der Waals surface area (Å²) in [6.07, 6.45) is 0.424. The van der Waals surface area contributed by atoms with E-state index in [0.717, 1.165) is 11.3 Å². The molecule has 0 saturated heterocycles. The molecule has 13 heavy (non-hydrogen) atoms. The van der Waals surface area contributed by atoms with Crippen LogP contribution in [0.5, 0.6) is 0 Å². The van der Waals surface area contributed by atoms with Crippen LogP contribution in [0.1, 0.15) is 22.8 Å². The predicted molar refractivity (Wildman–Crippen MR) is 48.8 cm³/mol. The number of ketones is 1. The van der Waals surface area contributed by atoms with Crippen molar-refractivity contribution in [2.45, 2.75) is 13.3 Å². The maximum absolute atomic E-state index is 11.0. The third-order valence-electron chi connectivity index (χ3n) is 2.14. The molecule has 0 fully saturated rings. The van der Waals surface area contributed by atoms with Crippen molar-refractivity contribution >= 4 is 17.4 Å². The highest BCUT2D eigenvalue weighted by Gasteiger charge is 2.17. The molecule has 2 rings (SSSR count). The third kappa shape index (κ3) is 1.33. The van der Waals surface area contributed by atoms with Gasteiger partial charge in [-0.05, 0) is 18.6 Å². The van der Waals surface area contributed by atoms with Crippen LogP contribution in [0.15, 0.2) is 18.2 Å². The Morgan fingerprint density at radius 2 is 2.23 bits per heavy atom. The predicted octanol–water partition coefficient (Wildman–Crippen LogP) is 1.38. The number of nitrogens with one attached hydrogen (secondary N) is 1. The minimum absolute atomic E-state index is 0.00398. The lowest BCUT2D eigenvalue weighted by Gasteiger charge is -2.00. The quantitative estimate of drug-likeness (QED) is 0.655. The van der Waals surface area contributed by atoms with Gasteiger partial charge >= 0.3 is 0 Å². The van der Waals surface area contributed by atoms with Crippen LogP contribution in [-0.2, 0) is 11.2 Å². The minimum Gasteiger partial charge on any atom is -0.326 e. The molecule has 1 aliphatic rings. The van der Waals surface area contributed by atoms with Gasteiger partial charge in [0.15, 0.2) is 5.78 Å². The van der Waals surface area contributed by atoms with Gasteiger partial charge in [-0.25, -0.2) is 0 Å². The summed E-state index contributed by atoms with van der Waals surface area (Å²) in [5, 5.41) is 2.70. The van der Waals surface area contributed by atoms with E-state index in [0.29, 0.717) is 12.0 Å². The van der Waals surface area contributed by atoms with E-state index in [9.17, 15) is 9.59 Å². The van der Waals surface area contributed by atoms with E-state index in [1.165, 1.54) is 6.92 Å². The standard InChI is InChI=1S/C10H9NO2/c1-6(12)7-2-3-8-5-10(13)11-9(8)4-7/h2-4H,5H2,1H3,(H,11,13). The summed E-state index contributed by atoms with van der Waals surface area (Å²) in [7, 11) is 0. The molecule has 1 aromatic rings. The van der Waals surface area contributed by atoms with Crippen LogP contribution in [0.4, 0.5) is 5.69 Å². The van der Waals surface area contributed by atoms with E-state index in [2.05, 4.69) is 5.32 Å². The van der Waals surface area contributed by atoms with Crippen LogP contribution in [0.3, 0.4) is 0 Å². The molecule has 0 aromatic heterocycles. The first-order valence-corrected chi connectivity index (χ1v) is 4.10. The van der Waals surface area contributed by atoms with Crippen molar-refractivity contribution in [2.24, 2.45) is 0 Å². The van der Waals surface area contributed by atoms with Gasteiger partial charge in [0.05, 0.1) is 6.42 Å². The Balaban J connectivity index is 2.45. The average Bonchev–Trinajstić information content (AvgIpc) is 2.42. The van der Waals surface area contributed by atoms with E-state index in [4.69, 9.17) is 0 Å². The minimum atomic E-state index is -0.00398. The van der Waals surface area contributed by atoms with Gasteiger partial charge in [0.1, 0.15) is 0 Å². The summed E-state index contributed by atoms with van der Waals surface area (Å²) in [6.45, 7) is 1.51. The van der Waals surface area contributed by atoms with Crippen LogP contribution in [0.25, 0.3) is 0 Å². The summed E-state index contributed by atoms with van der Waals surface area (Å²) >= 11 is 0. The fourth-order valence-corrected chi connectivity index (χ4v) is 1.43. The number of benzene rings is 1. The zero-order chi connectivity index (χ0) is 9.42. The second-order valence-corrected chi connectivity index (χ2v) is 3.15. The molecule has 1 N–H and O–H groups in total. The van der Waals surface area contributed by atoms with Gasteiger partial charge in [-0.2, -0.15) is 0 Å². The Labute approximate surface area is 75.8 Å². The fraction of sp³-hybridized carbons (Fsp3) is 0.200. The summed E-state index contributed by atoms with van der Waals surface area (Å²) in [5.41, 5.74) is 2.38. The normalized spacial score (nSPS) is 13.8. The summed E-state index contributed by atoms with van der Waals surface area (Å²) in [4.78, 5) is 22.0. The fourth-order valence-electron chi connectivity index (χ4n) is 1.43. The zero-order valence-electron chi connectivity index (χ0n) is 7.26. The first kappa shape index (κ1) is 7.98. The Morgan fingerprint density at radius 3 is 2.92 bits per heavy atom. The van der Waals surface area contributed by atoms with Crippen LogP contribution in [-0.4, -0.2) is 11.7 Å². The Hall–Kier alpha value is -1.64. The van der Waals surface area contributed by atoms with E-state index in [-0.39, 0.29) is 11.7 Å². The molecule has 1 aromatic carbocycles. The van der Waals surface area contributed by atoms with Crippen molar-refractivity contribution in [1.29, 1.82) is 0 Å². The molecular weight excluding hydrogens is 166 g/mol. The van der Waals surface area contributed by atoms with Crippen molar-refractivity contribution in [2.75, 3.05) is 5.32 Å². The molecule has 66 valence electrons. The Bertz CT molecular complexity index is 396. The number of anilines is 1. The molecular formula is C10H9NO2. The van der Waals surface area contributed by atoms with Crippen molar-refractivity contribution in [3.05, 3.63) is 29.3 Å². The van der Waals surface area contributed by atoms with Crippen LogP contribution in [0, 0.1) is 0 Å². The van der Waals surface area contributed by atoms with Gasteiger partial charge < -0.3 is 5.32 Å². The summed E-state index contributed by atoms with van der Waals surface area (Å²) in [6, 6.07) is 5.30. The smallest absolute Gasteiger partial charge is 0.228 e. The summed E-state index contributed by atoms with van der Waals surface area (Å²) < 4.78 is 0. The largest absolute Gasteiger partial charge is 0.326 e. The van der Waals surface area contributed by atoms with Crippen molar-refractivity contribution in [1.82, 2.24) is 0 Å². The number of hydrogen-bond donors (Lipinski definition) is 1. The summed E-state index contributed by atoms with van der Waals surface area (Å²) in [5.74, 6) is 0.0136. The second kappa shape index (κ2) is 2.69. The zero-order valence-corrected chi connectivity index (χ0v) is 7.26. The molecule has 0 spiro atoms. The molecule has 3 heteroatoms. The van der Waals surface area contributed by atoms with Crippen molar-refractivity contribution < 1.29 is 9.59 Å². The van der Waals surface area contributed by atoms with Gasteiger partial charge in [-0.15, -0.1) is 0 Å². The molecule has 1 aliphatic heterocycles. The molecule has 0 aliphatic carbocycles. The lowest BCUT2D eigenvalue weighted by atomic mass is 10.1. The molecule has 0 atom stereocenters. The molecule has 0 bridgehead atoms. The molecule has 0 radical (unpaired) electrons. The number of carbonyl (C=O) groups excluding carboxylic acids is 2. The molecule has 0 saturated carbocycles. The van der Waals surface area contributed by atoms with Gasteiger partial charge in [0.2, 0.25) is 5.91 Å². The highest BCUT2D eigenvalue weighted by molar-refractivity contribution is 6.02. The van der Waals surface area contributed by atoms with E-state index < -0.39 is 0 Å². The number of hydrogen-bond acceptors (Lipinski definition) is 2. The van der Waals surface area contributed by atoms with Gasteiger partial charge in [0.25, 0.3) is 0 Å². The maximum Gasteiger partial charge on any atom is 0.228 e. The van der Waals surface area contributed by atoms with E-state index in [1.807, 2.05) is 6.07 Å². The first-order chi connectivity index (χ1) is 6.16. The van der Waals surface area contributed by atoms with Crippen LogP contribution in [0.2, 0.25) is 0 Å². The third-order valence-corrected chi connectivity index (χ3v) is 2.14. The van der Waals surface area contributed by atoms with Gasteiger partial charge in [-0.3, -0.25) is 9.59 Å². The Kier molecular flexibility index (Phi) is 1.65. The lowest BCUT2D eigenvalue weighted by molar-refractivity contribution is -0.115. The molecule has 3 nitrogen and oxygen atoms in total. The monoisotopic (exact) mass is 175 g/mol. The lowest BCUT2D eigenvalue weighted by Crippen LogP contribution is -2.03. The number of Topliss-reactive ketones (excluding diaryl/α,β-unsaturated/α-hetero) is 1. The van der Waals surface area contributed by atoms with Crippen LogP contribution >= 0.6 is 0 Å². The SMILES string of the molecule is CC(=O)c1ccc2c(c1)NC(=O)C2. The Morgan fingerprint density at radius 1 is 1.46 bits per heavy atom. The highest BCUT2D eigenvalue weighted by Crippen LogP contribution is 2.23. The molecule has 1 heterocycles. The first-order valence-electron chi connectivity index (χ1n) is 4.10. The van der Waals surface area contributed by atoms with Gasteiger partial charge in [-0.1, -0.05) is 12.1 Å². The highest BCUT2D eigenvalue weighted by atomic mass is 16.1. The van der Waals surface area contributed by atoms with E-state index in [1.54, 1.807) is 12.1 Å². The van der Waals surface area contributed by atoms with Crippen molar-refractivity contribution in [3.63, 3.8) is 0 Å². The van der Waals surface area contributed by atoms with Crippen LogP contribution < -0.4 is 5.32 Å². The molecule has 1 amide bonds. The molecule has 0 unspecified atom stereocenters. The maximum atomic E-state index is 11.0. The number of fused-ring (bicyclic) bond motifs is 1. The number of rotatable bonds is 1. The topological polar surface area (TPSA) is 46.2 Å².